The molecule has 2 aromatic rings. The van der Waals surface area contributed by atoms with Gasteiger partial charge in [-0.15, -0.1) is 0 Å². The fraction of sp³-hybridized carbons (Fsp3) is 0.462. The Morgan fingerprint density at radius 3 is 3.14 bits per heavy atom. The van der Waals surface area contributed by atoms with Gasteiger partial charge in [0, 0.05) is 19.2 Å². The number of aryl methyl sites for hydroxylation is 2. The highest BCUT2D eigenvalue weighted by molar-refractivity contribution is 5.76. The van der Waals surface area contributed by atoms with E-state index in [4.69, 9.17) is 0 Å². The molecule has 0 saturated carbocycles. The van der Waals surface area contributed by atoms with Gasteiger partial charge in [-0.25, -0.2) is 14.3 Å². The van der Waals surface area contributed by atoms with Crippen LogP contribution in [-0.2, 0) is 31.2 Å². The lowest BCUT2D eigenvalue weighted by molar-refractivity contribution is -0.122. The second kappa shape index (κ2) is 5.47. The van der Waals surface area contributed by atoms with E-state index < -0.39 is 0 Å². The lowest BCUT2D eigenvalue weighted by Crippen LogP contribution is -2.41. The summed E-state index contributed by atoms with van der Waals surface area (Å²) in [6, 6.07) is 1.64. The predicted molar refractivity (Wildman–Crippen MR) is 73.5 cm³/mol. The molecular weight excluding hydrogens is 272 g/mol. The molecule has 3 rings (SSSR count). The average molecular weight is 288 g/mol. The number of amides is 1. The molecule has 0 aliphatic heterocycles. The van der Waals surface area contributed by atoms with Gasteiger partial charge < -0.3 is 5.32 Å². The highest BCUT2D eigenvalue weighted by atomic mass is 16.2. The molecular formula is C13H16N6O2. The number of nitrogens with one attached hydrogen (secondary N) is 1. The fourth-order valence-corrected chi connectivity index (χ4v) is 2.54. The summed E-state index contributed by atoms with van der Waals surface area (Å²) < 4.78 is 2.83. The second-order valence-corrected chi connectivity index (χ2v) is 5.18. The summed E-state index contributed by atoms with van der Waals surface area (Å²) in [5, 5.41) is 11.1. The van der Waals surface area contributed by atoms with Crippen molar-refractivity contribution < 1.29 is 4.79 Å². The van der Waals surface area contributed by atoms with Gasteiger partial charge in [-0.2, -0.15) is 10.2 Å². The van der Waals surface area contributed by atoms with E-state index in [1.165, 1.54) is 22.0 Å². The maximum absolute atomic E-state index is 11.9. The summed E-state index contributed by atoms with van der Waals surface area (Å²) in [7, 11) is 1.65. The number of rotatable bonds is 3. The van der Waals surface area contributed by atoms with Crippen LogP contribution in [-0.4, -0.2) is 36.5 Å². The van der Waals surface area contributed by atoms with Crippen molar-refractivity contribution in [3.8, 4) is 0 Å². The number of carbonyl (C=O) groups excluding carboxylic acids is 1. The van der Waals surface area contributed by atoms with E-state index in [1.807, 2.05) is 0 Å². The van der Waals surface area contributed by atoms with Crippen molar-refractivity contribution in [2.24, 2.45) is 7.05 Å². The molecule has 0 saturated heterocycles. The van der Waals surface area contributed by atoms with Gasteiger partial charge in [0.05, 0.1) is 5.69 Å². The quantitative estimate of drug-likeness (QED) is 0.785. The van der Waals surface area contributed by atoms with Crippen LogP contribution in [0.15, 0.2) is 23.5 Å². The van der Waals surface area contributed by atoms with Gasteiger partial charge in [-0.05, 0) is 24.8 Å². The number of carbonyl (C=O) groups is 1. The second-order valence-electron chi connectivity index (χ2n) is 5.18. The molecule has 1 aliphatic rings. The fourth-order valence-electron chi connectivity index (χ4n) is 2.54. The van der Waals surface area contributed by atoms with Gasteiger partial charge >= 0.3 is 0 Å². The molecule has 0 fully saturated rings. The molecule has 21 heavy (non-hydrogen) atoms. The molecule has 1 aliphatic carbocycles. The minimum atomic E-state index is -0.122. The van der Waals surface area contributed by atoms with Gasteiger partial charge in [0.2, 0.25) is 5.91 Å². The van der Waals surface area contributed by atoms with Gasteiger partial charge in [0.25, 0.3) is 5.56 Å². The van der Waals surface area contributed by atoms with E-state index >= 15 is 0 Å². The van der Waals surface area contributed by atoms with Crippen LogP contribution in [0, 0.1) is 0 Å². The van der Waals surface area contributed by atoms with Gasteiger partial charge in [-0.3, -0.25) is 9.59 Å². The third kappa shape index (κ3) is 2.99. The molecule has 2 heterocycles. The van der Waals surface area contributed by atoms with Crippen LogP contribution in [0.25, 0.3) is 0 Å². The summed E-state index contributed by atoms with van der Waals surface area (Å²) >= 11 is 0. The summed E-state index contributed by atoms with van der Waals surface area (Å²) in [6.45, 7) is 0.151. The van der Waals surface area contributed by atoms with E-state index in [1.54, 1.807) is 13.1 Å². The van der Waals surface area contributed by atoms with Crippen LogP contribution >= 0.6 is 0 Å². The Bertz CT molecular complexity index is 706. The Kier molecular flexibility index (Phi) is 3.51. The first-order chi connectivity index (χ1) is 10.1. The lowest BCUT2D eigenvalue weighted by Gasteiger charge is -2.24. The van der Waals surface area contributed by atoms with Gasteiger partial charge in [0.1, 0.15) is 19.2 Å². The molecule has 8 heteroatoms. The monoisotopic (exact) mass is 288 g/mol. The summed E-state index contributed by atoms with van der Waals surface area (Å²) in [5.74, 6) is -0.106. The minimum absolute atomic E-state index is 0.0300. The first-order valence-electron chi connectivity index (χ1n) is 6.79. The number of hydrogen-bond acceptors (Lipinski definition) is 5. The van der Waals surface area contributed by atoms with E-state index in [9.17, 15) is 9.59 Å². The van der Waals surface area contributed by atoms with E-state index in [2.05, 4.69) is 20.5 Å². The Hall–Kier alpha value is -2.51. The highest BCUT2D eigenvalue weighted by Crippen LogP contribution is 2.17. The van der Waals surface area contributed by atoms with E-state index in [-0.39, 0.29) is 24.1 Å². The molecule has 0 aromatic carbocycles. The van der Waals surface area contributed by atoms with Crippen molar-refractivity contribution >= 4 is 5.91 Å². The Morgan fingerprint density at radius 1 is 1.52 bits per heavy atom. The van der Waals surface area contributed by atoms with Crippen molar-refractivity contribution in [1.82, 2.24) is 29.9 Å². The zero-order valence-electron chi connectivity index (χ0n) is 11.7. The zero-order chi connectivity index (χ0) is 14.8. The van der Waals surface area contributed by atoms with Crippen molar-refractivity contribution in [2.75, 3.05) is 0 Å². The normalized spacial score (nSPS) is 17.3. The third-order valence-corrected chi connectivity index (χ3v) is 3.59. The van der Waals surface area contributed by atoms with Crippen LogP contribution in [0.2, 0.25) is 0 Å². The smallest absolute Gasteiger partial charge is 0.266 e. The molecule has 8 nitrogen and oxygen atoms in total. The Labute approximate surface area is 120 Å². The van der Waals surface area contributed by atoms with Gasteiger partial charge in [0.15, 0.2) is 0 Å². The molecule has 1 unspecified atom stereocenters. The maximum atomic E-state index is 11.9. The summed E-state index contributed by atoms with van der Waals surface area (Å²) in [4.78, 5) is 27.4. The van der Waals surface area contributed by atoms with Crippen molar-refractivity contribution in [2.45, 2.75) is 31.8 Å². The molecule has 0 radical (unpaired) electrons. The topological polar surface area (TPSA) is 94.7 Å². The molecule has 1 N–H and O–H groups in total. The molecule has 110 valence electrons. The largest absolute Gasteiger partial charge is 0.351 e. The predicted octanol–water partition coefficient (Wildman–Crippen LogP) is -0.954. The number of aromatic nitrogens is 5. The van der Waals surface area contributed by atoms with Crippen LogP contribution < -0.4 is 10.9 Å². The average Bonchev–Trinajstić information content (AvgIpc) is 2.93. The number of nitrogens with zero attached hydrogens (tertiary/aromatic N) is 5. The highest BCUT2D eigenvalue weighted by Gasteiger charge is 2.22. The molecule has 0 bridgehead atoms. The standard InChI is InChI=1S/C13H16N6O2/c1-18-13(21)5-9-4-10(2-3-11(9)17-18)16-12(20)6-19-8-14-7-15-19/h5,7-8,10H,2-4,6H2,1H3,(H,16,20). The first-order valence-corrected chi connectivity index (χ1v) is 6.79. The van der Waals surface area contributed by atoms with E-state index in [0.717, 1.165) is 24.1 Å². The van der Waals surface area contributed by atoms with Gasteiger partial charge in [-0.1, -0.05) is 0 Å². The van der Waals surface area contributed by atoms with Crippen LogP contribution in [0.3, 0.4) is 0 Å². The Morgan fingerprint density at radius 2 is 2.38 bits per heavy atom. The van der Waals surface area contributed by atoms with Crippen molar-refractivity contribution in [3.05, 3.63) is 40.3 Å². The molecule has 1 atom stereocenters. The molecule has 0 spiro atoms. The zero-order valence-corrected chi connectivity index (χ0v) is 11.7. The van der Waals surface area contributed by atoms with E-state index in [0.29, 0.717) is 6.42 Å². The molecule has 1 amide bonds. The molecule has 2 aromatic heterocycles. The summed E-state index contributed by atoms with van der Waals surface area (Å²) in [6.07, 6.45) is 5.12. The number of fused-ring (bicyclic) bond motifs is 1. The van der Waals surface area contributed by atoms with Crippen LogP contribution in [0.1, 0.15) is 17.7 Å². The Balaban J connectivity index is 1.65. The summed E-state index contributed by atoms with van der Waals surface area (Å²) in [5.41, 5.74) is 1.75. The van der Waals surface area contributed by atoms with Crippen molar-refractivity contribution in [3.63, 3.8) is 0 Å². The minimum Gasteiger partial charge on any atom is -0.351 e. The third-order valence-electron chi connectivity index (χ3n) is 3.59. The number of hydrogen-bond donors (Lipinski definition) is 1. The SMILES string of the molecule is Cn1nc2c(cc1=O)CC(NC(=O)Cn1cncn1)CC2. The van der Waals surface area contributed by atoms with Crippen molar-refractivity contribution in [1.29, 1.82) is 0 Å². The maximum Gasteiger partial charge on any atom is 0.266 e. The van der Waals surface area contributed by atoms with Crippen LogP contribution in [0.4, 0.5) is 0 Å². The van der Waals surface area contributed by atoms with Crippen LogP contribution in [0.5, 0.6) is 0 Å². The first kappa shape index (κ1) is 13.5. The lowest BCUT2D eigenvalue weighted by atomic mass is 9.92.